The minimum absolute atomic E-state index is 0.0587. The van der Waals surface area contributed by atoms with Crippen molar-refractivity contribution in [2.24, 2.45) is 5.14 Å². The Hall–Kier alpha value is -2.16. The van der Waals surface area contributed by atoms with E-state index < -0.39 is 21.0 Å². The molecule has 1 saturated heterocycles. The van der Waals surface area contributed by atoms with Crippen LogP contribution in [0.3, 0.4) is 0 Å². The number of nitrogens with one attached hydrogen (secondary N) is 1. The second kappa shape index (κ2) is 7.38. The molecule has 1 aliphatic heterocycles. The van der Waals surface area contributed by atoms with Crippen molar-refractivity contribution in [3.8, 4) is 0 Å². The number of nitrogens with two attached hydrogens (primary N) is 1. The van der Waals surface area contributed by atoms with Gasteiger partial charge in [-0.2, -0.15) is 0 Å². The third kappa shape index (κ3) is 4.47. The number of carbonyl (C=O) groups excluding carboxylic acids is 1. The number of furan rings is 1. The summed E-state index contributed by atoms with van der Waals surface area (Å²) in [5.41, 5.74) is 1.24. The first kappa shape index (κ1) is 17.7. The van der Waals surface area contributed by atoms with Crippen LogP contribution in [0.5, 0.6) is 0 Å². The molecule has 25 heavy (non-hydrogen) atoms. The number of carbonyl (C=O) groups is 1. The molecule has 1 aliphatic rings. The Morgan fingerprint density at radius 3 is 2.68 bits per heavy atom. The van der Waals surface area contributed by atoms with Gasteiger partial charge in [0.2, 0.25) is 5.09 Å². The molecule has 3 N–H and O–H groups in total. The highest BCUT2D eigenvalue weighted by Crippen LogP contribution is 2.20. The molecule has 3 rings (SSSR count). The number of benzene rings is 1. The predicted octanol–water partition coefficient (Wildman–Crippen LogP) is 1.32. The van der Waals surface area contributed by atoms with E-state index in [0.717, 1.165) is 25.9 Å². The number of amides is 1. The van der Waals surface area contributed by atoms with E-state index in [1.165, 1.54) is 17.7 Å². The molecular weight excluding hydrogens is 342 g/mol. The van der Waals surface area contributed by atoms with Crippen LogP contribution in [-0.4, -0.2) is 38.4 Å². The largest absolute Gasteiger partial charge is 0.438 e. The van der Waals surface area contributed by atoms with Gasteiger partial charge in [0.15, 0.2) is 5.76 Å². The molecule has 1 fully saturated rings. The minimum atomic E-state index is -3.94. The molecule has 1 aromatic carbocycles. The van der Waals surface area contributed by atoms with E-state index in [-0.39, 0.29) is 11.8 Å². The Kier molecular flexibility index (Phi) is 5.22. The van der Waals surface area contributed by atoms with Crippen LogP contribution in [0.15, 0.2) is 52.0 Å². The molecule has 134 valence electrons. The second-order valence-electron chi connectivity index (χ2n) is 6.13. The van der Waals surface area contributed by atoms with Gasteiger partial charge in [-0.3, -0.25) is 9.69 Å². The van der Waals surface area contributed by atoms with Gasteiger partial charge in [0.05, 0.1) is 0 Å². The van der Waals surface area contributed by atoms with Crippen molar-refractivity contribution in [3.05, 3.63) is 53.8 Å². The number of nitrogens with zero attached hydrogens (tertiary/aromatic N) is 1. The van der Waals surface area contributed by atoms with Gasteiger partial charge in [0.25, 0.3) is 15.9 Å². The van der Waals surface area contributed by atoms with E-state index in [1.54, 1.807) is 0 Å². The van der Waals surface area contributed by atoms with Gasteiger partial charge in [0.1, 0.15) is 0 Å². The van der Waals surface area contributed by atoms with E-state index >= 15 is 0 Å². The van der Waals surface area contributed by atoms with Gasteiger partial charge in [-0.1, -0.05) is 30.3 Å². The summed E-state index contributed by atoms with van der Waals surface area (Å²) in [5, 5.41) is 7.37. The molecule has 1 amide bonds. The van der Waals surface area contributed by atoms with Crippen molar-refractivity contribution >= 4 is 15.9 Å². The Bertz CT molecular complexity index is 833. The highest BCUT2D eigenvalue weighted by molar-refractivity contribution is 7.89. The third-order valence-electron chi connectivity index (χ3n) is 4.31. The molecular formula is C17H21N3O4S. The number of sulfonamides is 1. The average molecular weight is 363 g/mol. The van der Waals surface area contributed by atoms with Crippen LogP contribution in [0.1, 0.15) is 29.0 Å². The van der Waals surface area contributed by atoms with E-state index in [4.69, 9.17) is 9.56 Å². The van der Waals surface area contributed by atoms with Gasteiger partial charge < -0.3 is 9.73 Å². The Morgan fingerprint density at radius 1 is 1.24 bits per heavy atom. The Balaban J connectivity index is 1.57. The number of likely N-dealkylation sites (tertiary alicyclic amines) is 1. The van der Waals surface area contributed by atoms with Gasteiger partial charge in [0, 0.05) is 19.1 Å². The molecule has 0 saturated carbocycles. The Labute approximate surface area is 146 Å². The fourth-order valence-electron chi connectivity index (χ4n) is 3.05. The molecule has 0 bridgehead atoms. The van der Waals surface area contributed by atoms with Crippen LogP contribution in [0.2, 0.25) is 0 Å². The van der Waals surface area contributed by atoms with Crippen LogP contribution in [0.4, 0.5) is 0 Å². The van der Waals surface area contributed by atoms with Crippen molar-refractivity contribution in [3.63, 3.8) is 0 Å². The average Bonchev–Trinajstić information content (AvgIpc) is 3.23. The quantitative estimate of drug-likeness (QED) is 0.805. The summed E-state index contributed by atoms with van der Waals surface area (Å²) in [6, 6.07) is 12.9. The molecule has 0 unspecified atom stereocenters. The lowest BCUT2D eigenvalue weighted by molar-refractivity contribution is 0.0907. The van der Waals surface area contributed by atoms with Crippen molar-refractivity contribution in [2.45, 2.75) is 30.5 Å². The maximum absolute atomic E-state index is 12.1. The highest BCUT2D eigenvalue weighted by Gasteiger charge is 2.25. The molecule has 0 radical (unpaired) electrons. The predicted molar refractivity (Wildman–Crippen MR) is 92.3 cm³/mol. The normalized spacial score (nSPS) is 18.4. The zero-order chi connectivity index (χ0) is 17.9. The van der Waals surface area contributed by atoms with Gasteiger partial charge >= 0.3 is 0 Å². The second-order valence-corrected chi connectivity index (χ2v) is 7.62. The van der Waals surface area contributed by atoms with Gasteiger partial charge in [-0.25, -0.2) is 13.6 Å². The van der Waals surface area contributed by atoms with Crippen LogP contribution in [0.25, 0.3) is 0 Å². The SMILES string of the molecule is NS(=O)(=O)c1ccc(C(=O)NC[C@H]2CCCN2Cc2ccccc2)o1. The first-order valence-corrected chi connectivity index (χ1v) is 9.67. The first-order chi connectivity index (χ1) is 11.9. The van der Waals surface area contributed by atoms with E-state index in [0.29, 0.717) is 6.54 Å². The lowest BCUT2D eigenvalue weighted by atomic mass is 10.2. The van der Waals surface area contributed by atoms with Crippen molar-refractivity contribution in [2.75, 3.05) is 13.1 Å². The summed E-state index contributed by atoms with van der Waals surface area (Å²) in [6.45, 7) is 2.32. The molecule has 7 nitrogen and oxygen atoms in total. The third-order valence-corrected chi connectivity index (χ3v) is 5.09. The van der Waals surface area contributed by atoms with Crippen LogP contribution in [0, 0.1) is 0 Å². The van der Waals surface area contributed by atoms with Crippen molar-refractivity contribution in [1.29, 1.82) is 0 Å². The smallest absolute Gasteiger partial charge is 0.287 e. The summed E-state index contributed by atoms with van der Waals surface area (Å²) < 4.78 is 27.4. The number of primary sulfonamides is 1. The van der Waals surface area contributed by atoms with Crippen LogP contribution >= 0.6 is 0 Å². The summed E-state index contributed by atoms with van der Waals surface area (Å²) in [5.74, 6) is -0.502. The van der Waals surface area contributed by atoms with Crippen molar-refractivity contribution < 1.29 is 17.6 Å². The summed E-state index contributed by atoms with van der Waals surface area (Å²) in [7, 11) is -3.94. The first-order valence-electron chi connectivity index (χ1n) is 8.12. The van der Waals surface area contributed by atoms with Crippen LogP contribution < -0.4 is 10.5 Å². The van der Waals surface area contributed by atoms with Crippen molar-refractivity contribution in [1.82, 2.24) is 10.2 Å². The maximum Gasteiger partial charge on any atom is 0.287 e. The van der Waals surface area contributed by atoms with Gasteiger partial charge in [-0.05, 0) is 37.1 Å². The monoisotopic (exact) mass is 363 g/mol. The van der Waals surface area contributed by atoms with E-state index in [2.05, 4.69) is 22.3 Å². The zero-order valence-corrected chi connectivity index (χ0v) is 14.5. The Morgan fingerprint density at radius 2 is 2.00 bits per heavy atom. The fourth-order valence-corrected chi connectivity index (χ4v) is 3.51. The highest BCUT2D eigenvalue weighted by atomic mass is 32.2. The zero-order valence-electron chi connectivity index (χ0n) is 13.7. The molecule has 2 heterocycles. The van der Waals surface area contributed by atoms with E-state index in [9.17, 15) is 13.2 Å². The number of hydrogen-bond donors (Lipinski definition) is 2. The summed E-state index contributed by atoms with van der Waals surface area (Å²) in [4.78, 5) is 14.5. The molecule has 0 aliphatic carbocycles. The fraction of sp³-hybridized carbons (Fsp3) is 0.353. The standard InChI is InChI=1S/C17H21N3O4S/c18-25(22,23)16-9-8-15(24-16)17(21)19-11-14-7-4-10-20(14)12-13-5-2-1-3-6-13/h1-3,5-6,8-9,14H,4,7,10-12H2,(H,19,21)(H2,18,22,23)/t14-/m1/s1. The summed E-state index contributed by atoms with van der Waals surface area (Å²) >= 11 is 0. The number of hydrogen-bond acceptors (Lipinski definition) is 5. The van der Waals surface area contributed by atoms with E-state index in [1.807, 2.05) is 18.2 Å². The molecule has 1 aromatic heterocycles. The van der Waals surface area contributed by atoms with Gasteiger partial charge in [-0.15, -0.1) is 0 Å². The van der Waals surface area contributed by atoms with Crippen LogP contribution in [-0.2, 0) is 16.6 Å². The molecule has 1 atom stereocenters. The molecule has 0 spiro atoms. The topological polar surface area (TPSA) is 106 Å². The molecule has 8 heteroatoms. The lowest BCUT2D eigenvalue weighted by Gasteiger charge is -2.24. The lowest BCUT2D eigenvalue weighted by Crippen LogP contribution is -2.39. The number of rotatable bonds is 6. The minimum Gasteiger partial charge on any atom is -0.438 e. The summed E-state index contributed by atoms with van der Waals surface area (Å²) in [6.07, 6.45) is 2.09. The molecule has 2 aromatic rings. The maximum atomic E-state index is 12.1.